The first-order valence-corrected chi connectivity index (χ1v) is 13.0. The van der Waals surface area contributed by atoms with Crippen LogP contribution in [0.5, 0.6) is 5.75 Å². The van der Waals surface area contributed by atoms with E-state index in [1.807, 2.05) is 115 Å². The number of ether oxygens (including phenoxy) is 1. The third-order valence-electron chi connectivity index (χ3n) is 6.06. The smallest absolute Gasteiger partial charge is 0.255 e. The monoisotopic (exact) mass is 518 g/mol. The molecule has 5 aromatic rings. The molecule has 188 valence electrons. The first-order valence-electron chi connectivity index (χ1n) is 12.2. The summed E-state index contributed by atoms with van der Waals surface area (Å²) in [4.78, 5) is 27.1. The molecular formula is C32H26N2O3S. The number of methoxy groups -OCH3 is 1. The number of hydrogen-bond acceptors (Lipinski definition) is 4. The molecule has 0 radical (unpaired) electrons. The van der Waals surface area contributed by atoms with Crippen molar-refractivity contribution in [2.75, 3.05) is 17.7 Å². The second-order valence-corrected chi connectivity index (χ2v) is 9.85. The molecule has 6 heteroatoms. The molecule has 0 saturated carbocycles. The molecule has 38 heavy (non-hydrogen) atoms. The van der Waals surface area contributed by atoms with Gasteiger partial charge in [0.05, 0.1) is 7.11 Å². The van der Waals surface area contributed by atoms with Gasteiger partial charge in [0.2, 0.25) is 5.91 Å². The highest BCUT2D eigenvalue weighted by Gasteiger charge is 2.22. The number of hydrogen-bond donors (Lipinski definition) is 2. The van der Waals surface area contributed by atoms with Gasteiger partial charge in [-0.25, -0.2) is 0 Å². The average molecular weight is 519 g/mol. The van der Waals surface area contributed by atoms with Crippen LogP contribution in [0.15, 0.2) is 126 Å². The van der Waals surface area contributed by atoms with Gasteiger partial charge in [0, 0.05) is 27.9 Å². The second-order valence-electron chi connectivity index (χ2n) is 8.67. The summed E-state index contributed by atoms with van der Waals surface area (Å²) < 4.78 is 5.28. The quantitative estimate of drug-likeness (QED) is 0.208. The van der Waals surface area contributed by atoms with E-state index in [0.29, 0.717) is 22.7 Å². The third kappa shape index (κ3) is 6.05. The minimum absolute atomic E-state index is 0.136. The maximum atomic E-state index is 13.3. The Kier molecular flexibility index (Phi) is 7.71. The number of fused-ring (bicyclic) bond motifs is 1. The first-order chi connectivity index (χ1) is 18.6. The van der Waals surface area contributed by atoms with Crippen molar-refractivity contribution < 1.29 is 14.3 Å². The van der Waals surface area contributed by atoms with Crippen molar-refractivity contribution in [2.45, 2.75) is 10.1 Å². The van der Waals surface area contributed by atoms with E-state index in [-0.39, 0.29) is 11.8 Å². The van der Waals surface area contributed by atoms with Crippen LogP contribution in [0.1, 0.15) is 21.2 Å². The molecule has 5 aromatic carbocycles. The first kappa shape index (κ1) is 25.1. The minimum Gasteiger partial charge on any atom is -0.497 e. The molecule has 5 rings (SSSR count). The number of anilines is 2. The molecule has 0 aromatic heterocycles. The Balaban J connectivity index is 1.30. The molecule has 1 unspecified atom stereocenters. The summed E-state index contributed by atoms with van der Waals surface area (Å²) in [5.74, 6) is 0.368. The molecule has 5 nitrogen and oxygen atoms in total. The Morgan fingerprint density at radius 2 is 1.42 bits per heavy atom. The number of nitrogens with one attached hydrogen (secondary N) is 2. The van der Waals surface area contributed by atoms with Crippen LogP contribution >= 0.6 is 11.8 Å². The maximum absolute atomic E-state index is 13.3. The van der Waals surface area contributed by atoms with E-state index in [1.165, 1.54) is 11.8 Å². The van der Waals surface area contributed by atoms with Crippen LogP contribution in [0.4, 0.5) is 11.4 Å². The summed E-state index contributed by atoms with van der Waals surface area (Å²) in [6.07, 6.45) is 0. The fourth-order valence-corrected chi connectivity index (χ4v) is 5.12. The molecule has 0 heterocycles. The van der Waals surface area contributed by atoms with E-state index in [2.05, 4.69) is 10.6 Å². The predicted molar refractivity (Wildman–Crippen MR) is 155 cm³/mol. The summed E-state index contributed by atoms with van der Waals surface area (Å²) in [5, 5.41) is 7.61. The second kappa shape index (κ2) is 11.7. The van der Waals surface area contributed by atoms with Gasteiger partial charge in [0.1, 0.15) is 11.0 Å². The summed E-state index contributed by atoms with van der Waals surface area (Å²) in [7, 11) is 1.59. The van der Waals surface area contributed by atoms with Crippen LogP contribution in [0, 0.1) is 0 Å². The molecule has 2 N–H and O–H groups in total. The SMILES string of the molecule is COc1cccc(NC(=O)C(Sc2ccc(NC(=O)c3ccc4ccccc4c3)cc2)c2ccccc2)c1. The van der Waals surface area contributed by atoms with Crippen LogP contribution in [-0.2, 0) is 4.79 Å². The van der Waals surface area contributed by atoms with E-state index < -0.39 is 5.25 Å². The zero-order chi connectivity index (χ0) is 26.3. The summed E-state index contributed by atoms with van der Waals surface area (Å²) in [5.41, 5.74) is 2.85. The van der Waals surface area contributed by atoms with Gasteiger partial charge in [-0.3, -0.25) is 9.59 Å². The number of carbonyl (C=O) groups excluding carboxylic acids is 2. The minimum atomic E-state index is -0.472. The van der Waals surface area contributed by atoms with Gasteiger partial charge >= 0.3 is 0 Å². The normalized spacial score (nSPS) is 11.5. The highest BCUT2D eigenvalue weighted by Crippen LogP contribution is 2.37. The molecular weight excluding hydrogens is 492 g/mol. The van der Waals surface area contributed by atoms with Gasteiger partial charge in [-0.05, 0) is 64.9 Å². The van der Waals surface area contributed by atoms with Crippen molar-refractivity contribution in [3.8, 4) is 5.75 Å². The average Bonchev–Trinajstić information content (AvgIpc) is 2.97. The standard InChI is InChI=1S/C32H26N2O3S/c1-37-28-13-7-12-27(21-28)34-32(36)30(23-9-3-2-4-10-23)38-29-18-16-26(17-19-29)33-31(35)25-15-14-22-8-5-6-11-24(22)20-25/h2-21,30H,1H3,(H,33,35)(H,34,36). The van der Waals surface area contributed by atoms with Crippen LogP contribution in [0.3, 0.4) is 0 Å². The molecule has 0 fully saturated rings. The molecule has 0 aliphatic rings. The van der Waals surface area contributed by atoms with Crippen LogP contribution in [0.25, 0.3) is 10.8 Å². The lowest BCUT2D eigenvalue weighted by molar-refractivity contribution is -0.115. The van der Waals surface area contributed by atoms with Gasteiger partial charge in [-0.15, -0.1) is 11.8 Å². The zero-order valence-electron chi connectivity index (χ0n) is 20.8. The number of thioether (sulfide) groups is 1. The lowest BCUT2D eigenvalue weighted by Crippen LogP contribution is -2.19. The zero-order valence-corrected chi connectivity index (χ0v) is 21.6. The van der Waals surface area contributed by atoms with Crippen LogP contribution in [-0.4, -0.2) is 18.9 Å². The molecule has 0 aliphatic heterocycles. The number of amides is 2. The Hall–Kier alpha value is -4.55. The topological polar surface area (TPSA) is 67.4 Å². The van der Waals surface area contributed by atoms with Crippen LogP contribution in [0.2, 0.25) is 0 Å². The van der Waals surface area contributed by atoms with Gasteiger partial charge < -0.3 is 15.4 Å². The number of rotatable bonds is 8. The Morgan fingerprint density at radius 3 is 2.18 bits per heavy atom. The van der Waals surface area contributed by atoms with Crippen molar-refractivity contribution in [2.24, 2.45) is 0 Å². The van der Waals surface area contributed by atoms with E-state index in [0.717, 1.165) is 21.2 Å². The summed E-state index contributed by atoms with van der Waals surface area (Å²) in [6.45, 7) is 0. The van der Waals surface area contributed by atoms with Crippen molar-refractivity contribution in [1.29, 1.82) is 0 Å². The highest BCUT2D eigenvalue weighted by molar-refractivity contribution is 8.00. The fourth-order valence-electron chi connectivity index (χ4n) is 4.10. The molecule has 0 aliphatic carbocycles. The molecule has 1 atom stereocenters. The lowest BCUT2D eigenvalue weighted by atomic mass is 10.1. The van der Waals surface area contributed by atoms with E-state index in [9.17, 15) is 9.59 Å². The summed E-state index contributed by atoms with van der Waals surface area (Å²) >= 11 is 1.45. The molecule has 0 spiro atoms. The van der Waals surface area contributed by atoms with Crippen molar-refractivity contribution in [1.82, 2.24) is 0 Å². The number of carbonyl (C=O) groups is 2. The Bertz CT molecular complexity index is 1570. The predicted octanol–water partition coefficient (Wildman–Crippen LogP) is 7.57. The van der Waals surface area contributed by atoms with E-state index >= 15 is 0 Å². The Morgan fingerprint density at radius 1 is 0.684 bits per heavy atom. The van der Waals surface area contributed by atoms with E-state index in [4.69, 9.17) is 4.74 Å². The third-order valence-corrected chi connectivity index (χ3v) is 7.32. The fraction of sp³-hybridized carbons (Fsp3) is 0.0625. The van der Waals surface area contributed by atoms with Crippen LogP contribution < -0.4 is 15.4 Å². The van der Waals surface area contributed by atoms with Gasteiger partial charge in [0.15, 0.2) is 0 Å². The highest BCUT2D eigenvalue weighted by atomic mass is 32.2. The lowest BCUT2D eigenvalue weighted by Gasteiger charge is -2.18. The van der Waals surface area contributed by atoms with Crippen molar-refractivity contribution >= 4 is 45.7 Å². The Labute approximate surface area is 225 Å². The maximum Gasteiger partial charge on any atom is 0.255 e. The summed E-state index contributed by atoms with van der Waals surface area (Å²) in [6, 6.07) is 38.1. The number of benzene rings is 5. The molecule has 0 bridgehead atoms. The van der Waals surface area contributed by atoms with Gasteiger partial charge in [0.25, 0.3) is 5.91 Å². The largest absolute Gasteiger partial charge is 0.497 e. The van der Waals surface area contributed by atoms with Gasteiger partial charge in [-0.1, -0.05) is 66.7 Å². The molecule has 0 saturated heterocycles. The van der Waals surface area contributed by atoms with E-state index in [1.54, 1.807) is 13.2 Å². The van der Waals surface area contributed by atoms with Crippen molar-refractivity contribution in [3.63, 3.8) is 0 Å². The van der Waals surface area contributed by atoms with Crippen molar-refractivity contribution in [3.05, 3.63) is 132 Å². The molecule has 2 amide bonds. The van der Waals surface area contributed by atoms with Gasteiger partial charge in [-0.2, -0.15) is 0 Å².